The van der Waals surface area contributed by atoms with Crippen molar-refractivity contribution in [3.63, 3.8) is 0 Å². The number of allylic oxidation sites excluding steroid dienone is 4. The molecule has 1 aromatic carbocycles. The molecule has 3 nitrogen and oxygen atoms in total. The molecule has 19 heavy (non-hydrogen) atoms. The maximum Gasteiger partial charge on any atom is 0.182 e. The van der Waals surface area contributed by atoms with Gasteiger partial charge in [-0.05, 0) is 30.7 Å². The summed E-state index contributed by atoms with van der Waals surface area (Å²) in [5.74, 6) is 0.673. The van der Waals surface area contributed by atoms with Gasteiger partial charge in [-0.3, -0.25) is 9.59 Å². The van der Waals surface area contributed by atoms with Crippen LogP contribution in [0.1, 0.15) is 18.9 Å². The average molecular weight is 254 g/mol. The van der Waals surface area contributed by atoms with Crippen LogP contribution in [0.25, 0.3) is 0 Å². The number of rotatable bonds is 2. The Morgan fingerprint density at radius 3 is 2.84 bits per heavy atom. The smallest absolute Gasteiger partial charge is 0.182 e. The van der Waals surface area contributed by atoms with Crippen LogP contribution < -0.4 is 4.74 Å². The summed E-state index contributed by atoms with van der Waals surface area (Å²) < 4.78 is 5.68. The number of benzene rings is 1. The van der Waals surface area contributed by atoms with Crippen LogP contribution in [0.3, 0.4) is 0 Å². The van der Waals surface area contributed by atoms with Crippen LogP contribution in [0.15, 0.2) is 48.1 Å². The summed E-state index contributed by atoms with van der Waals surface area (Å²) in [5.41, 5.74) is 1.42. The van der Waals surface area contributed by atoms with Crippen molar-refractivity contribution < 1.29 is 14.3 Å². The molecule has 1 aliphatic carbocycles. The van der Waals surface area contributed by atoms with Crippen LogP contribution >= 0.6 is 0 Å². The van der Waals surface area contributed by atoms with E-state index in [2.05, 4.69) is 6.92 Å². The molecule has 0 spiro atoms. The lowest BCUT2D eigenvalue weighted by atomic mass is 9.77. The van der Waals surface area contributed by atoms with Crippen LogP contribution in [0.4, 0.5) is 0 Å². The third-order valence-corrected chi connectivity index (χ3v) is 3.70. The van der Waals surface area contributed by atoms with Crippen molar-refractivity contribution in [2.75, 3.05) is 6.61 Å². The van der Waals surface area contributed by atoms with E-state index < -0.39 is 0 Å². The van der Waals surface area contributed by atoms with Crippen LogP contribution in [0.2, 0.25) is 0 Å². The van der Waals surface area contributed by atoms with E-state index in [0.29, 0.717) is 18.6 Å². The zero-order valence-corrected chi connectivity index (χ0v) is 10.7. The first-order valence-corrected chi connectivity index (χ1v) is 6.28. The van der Waals surface area contributed by atoms with E-state index in [9.17, 15) is 9.59 Å². The second-order valence-corrected chi connectivity index (χ2v) is 5.29. The third-order valence-electron chi connectivity index (χ3n) is 3.70. The van der Waals surface area contributed by atoms with Gasteiger partial charge in [0.25, 0.3) is 0 Å². The predicted molar refractivity (Wildman–Crippen MR) is 71.1 cm³/mol. The van der Waals surface area contributed by atoms with E-state index in [1.54, 1.807) is 0 Å². The normalized spacial score (nSPS) is 25.0. The summed E-state index contributed by atoms with van der Waals surface area (Å²) >= 11 is 0. The Bertz CT molecular complexity index is 625. The molecule has 0 N–H and O–H groups in total. The van der Waals surface area contributed by atoms with Crippen molar-refractivity contribution in [3.8, 4) is 5.75 Å². The van der Waals surface area contributed by atoms with E-state index >= 15 is 0 Å². The second kappa shape index (κ2) is 4.19. The Hall–Kier alpha value is -2.16. The van der Waals surface area contributed by atoms with Crippen LogP contribution in [-0.4, -0.2) is 18.2 Å². The van der Waals surface area contributed by atoms with Gasteiger partial charge < -0.3 is 4.74 Å². The Labute approximate surface area is 111 Å². The van der Waals surface area contributed by atoms with Gasteiger partial charge in [0.05, 0.1) is 6.61 Å². The number of carbonyl (C=O) groups is 2. The van der Waals surface area contributed by atoms with E-state index in [1.165, 1.54) is 18.2 Å². The lowest BCUT2D eigenvalue weighted by Gasteiger charge is -2.24. The van der Waals surface area contributed by atoms with Gasteiger partial charge in [0.15, 0.2) is 11.6 Å². The highest BCUT2D eigenvalue weighted by Crippen LogP contribution is 2.42. The van der Waals surface area contributed by atoms with E-state index in [4.69, 9.17) is 4.74 Å². The molecule has 3 rings (SSSR count). The van der Waals surface area contributed by atoms with E-state index in [0.717, 1.165) is 11.3 Å². The molecular weight excluding hydrogens is 240 g/mol. The summed E-state index contributed by atoms with van der Waals surface area (Å²) in [5, 5.41) is 0. The van der Waals surface area contributed by atoms with Gasteiger partial charge in [-0.15, -0.1) is 0 Å². The maximum absolute atomic E-state index is 11.8. The van der Waals surface area contributed by atoms with Crippen LogP contribution in [0.5, 0.6) is 5.75 Å². The first kappa shape index (κ1) is 11.9. The number of hydrogen-bond donors (Lipinski definition) is 0. The molecule has 0 saturated carbocycles. The summed E-state index contributed by atoms with van der Waals surface area (Å²) in [4.78, 5) is 23.2. The lowest BCUT2D eigenvalue weighted by Crippen LogP contribution is -2.26. The van der Waals surface area contributed by atoms with Gasteiger partial charge >= 0.3 is 0 Å². The minimum atomic E-state index is -0.246. The fourth-order valence-electron chi connectivity index (χ4n) is 2.67. The van der Waals surface area contributed by atoms with Gasteiger partial charge in [0.2, 0.25) is 0 Å². The Kier molecular flexibility index (Phi) is 2.63. The number of para-hydroxylation sites is 1. The van der Waals surface area contributed by atoms with Crippen molar-refractivity contribution >= 4 is 11.6 Å². The molecule has 1 heterocycles. The first-order valence-electron chi connectivity index (χ1n) is 6.28. The largest absolute Gasteiger partial charge is 0.492 e. The maximum atomic E-state index is 11.8. The second-order valence-electron chi connectivity index (χ2n) is 5.29. The number of fused-ring (bicyclic) bond motifs is 1. The van der Waals surface area contributed by atoms with Crippen LogP contribution in [-0.2, 0) is 15.0 Å². The fourth-order valence-corrected chi connectivity index (χ4v) is 2.67. The zero-order chi connectivity index (χ0) is 13.5. The average Bonchev–Trinajstić information content (AvgIpc) is 2.73. The topological polar surface area (TPSA) is 43.4 Å². The van der Waals surface area contributed by atoms with Crippen LogP contribution in [0, 0.1) is 0 Å². The number of carbonyl (C=O) groups excluding carboxylic acids is 2. The molecule has 1 atom stereocenters. The highest BCUT2D eigenvalue weighted by atomic mass is 16.5. The van der Waals surface area contributed by atoms with Crippen molar-refractivity contribution in [1.82, 2.24) is 0 Å². The molecule has 0 saturated heterocycles. The van der Waals surface area contributed by atoms with Gasteiger partial charge in [0.1, 0.15) is 5.75 Å². The van der Waals surface area contributed by atoms with Crippen molar-refractivity contribution in [2.45, 2.75) is 18.8 Å². The molecule has 3 heteroatoms. The Balaban J connectivity index is 1.92. The predicted octanol–water partition coefficient (Wildman–Crippen LogP) is 2.36. The van der Waals surface area contributed by atoms with E-state index in [1.807, 2.05) is 24.3 Å². The van der Waals surface area contributed by atoms with Gasteiger partial charge in [-0.2, -0.15) is 0 Å². The molecule has 0 bridgehead atoms. The van der Waals surface area contributed by atoms with Gasteiger partial charge in [-0.25, -0.2) is 0 Å². The molecule has 2 aliphatic rings. The van der Waals surface area contributed by atoms with Crippen molar-refractivity contribution in [2.24, 2.45) is 0 Å². The molecule has 0 radical (unpaired) electrons. The molecule has 1 unspecified atom stereocenters. The molecule has 1 aliphatic heterocycles. The summed E-state index contributed by atoms with van der Waals surface area (Å²) in [6.45, 7) is 2.60. The minimum absolute atomic E-state index is 0.0785. The summed E-state index contributed by atoms with van der Waals surface area (Å²) in [6, 6.07) is 7.85. The molecule has 0 amide bonds. The molecule has 96 valence electrons. The molecule has 1 aromatic rings. The number of ketones is 2. The Morgan fingerprint density at radius 1 is 1.21 bits per heavy atom. The van der Waals surface area contributed by atoms with Gasteiger partial charge in [-0.1, -0.05) is 25.1 Å². The molecular formula is C16H14O3. The Morgan fingerprint density at radius 2 is 2.00 bits per heavy atom. The standard InChI is InChI=1S/C16H14O3/c1-16(9-11-8-12(17)6-7-14(11)18)10-19-15-5-3-2-4-13(15)16/h2-8H,9-10H2,1H3. The quantitative estimate of drug-likeness (QED) is 0.761. The third kappa shape index (κ3) is 2.01. The highest BCUT2D eigenvalue weighted by molar-refractivity contribution is 6.17. The van der Waals surface area contributed by atoms with E-state index in [-0.39, 0.29) is 17.0 Å². The minimum Gasteiger partial charge on any atom is -0.492 e. The fraction of sp³-hybridized carbons (Fsp3) is 0.250. The number of ether oxygens (including phenoxy) is 1. The summed E-state index contributed by atoms with van der Waals surface area (Å²) in [7, 11) is 0. The zero-order valence-electron chi connectivity index (χ0n) is 10.7. The van der Waals surface area contributed by atoms with Gasteiger partial charge in [0, 0.05) is 16.6 Å². The monoisotopic (exact) mass is 254 g/mol. The summed E-state index contributed by atoms with van der Waals surface area (Å²) in [6.07, 6.45) is 4.63. The van der Waals surface area contributed by atoms with Crippen molar-refractivity contribution in [3.05, 3.63) is 53.6 Å². The molecule has 0 aromatic heterocycles. The first-order chi connectivity index (χ1) is 9.08. The highest BCUT2D eigenvalue weighted by Gasteiger charge is 2.37. The lowest BCUT2D eigenvalue weighted by molar-refractivity contribution is -0.114. The number of hydrogen-bond acceptors (Lipinski definition) is 3. The molecule has 0 fully saturated rings. The van der Waals surface area contributed by atoms with Crippen molar-refractivity contribution in [1.29, 1.82) is 0 Å². The SMILES string of the molecule is CC1(CC2=CC(=O)C=CC2=O)COc2ccccc21.